The zero-order chi connectivity index (χ0) is 20.8. The summed E-state index contributed by atoms with van der Waals surface area (Å²) < 4.78 is 19.9. The van der Waals surface area contributed by atoms with Gasteiger partial charge in [0.05, 0.1) is 0 Å². The van der Waals surface area contributed by atoms with Gasteiger partial charge in [0.15, 0.2) is 0 Å². The van der Waals surface area contributed by atoms with Gasteiger partial charge in [-0.15, -0.1) is 0 Å². The lowest BCUT2D eigenvalue weighted by atomic mass is 10.1. The molecule has 0 saturated carbocycles. The molecule has 0 aliphatic rings. The lowest BCUT2D eigenvalue weighted by molar-refractivity contribution is -0.121. The summed E-state index contributed by atoms with van der Waals surface area (Å²) >= 11 is 3.42. The highest BCUT2D eigenvalue weighted by molar-refractivity contribution is 9.10. The van der Waals surface area contributed by atoms with E-state index >= 15 is 0 Å². The molecule has 29 heavy (non-hydrogen) atoms. The number of benzene rings is 2. The molecule has 1 unspecified atom stereocenters. The van der Waals surface area contributed by atoms with Crippen LogP contribution in [0.15, 0.2) is 51.5 Å². The van der Waals surface area contributed by atoms with Crippen LogP contribution < -0.4 is 5.32 Å². The standard InChI is InChI=1S/C22H23BrFN3O2/c1-14-3-8-17(13-19(14)24)22-26-21(29-27-22)12-11-20(28)25-15(2)4-5-16-6-9-18(23)10-7-16/h3,6-10,13,15H,4-5,11-12H2,1-2H3,(H,25,28). The molecule has 2 aromatic carbocycles. The Bertz CT molecular complexity index is 972. The number of nitrogens with zero attached hydrogens (tertiary/aromatic N) is 2. The van der Waals surface area contributed by atoms with E-state index in [1.165, 1.54) is 11.6 Å². The summed E-state index contributed by atoms with van der Waals surface area (Å²) in [6.07, 6.45) is 2.35. The van der Waals surface area contributed by atoms with Crippen LogP contribution in [0.5, 0.6) is 0 Å². The van der Waals surface area contributed by atoms with Gasteiger partial charge in [0.2, 0.25) is 17.6 Å². The number of rotatable bonds is 8. The van der Waals surface area contributed by atoms with Crippen LogP contribution in [0.1, 0.15) is 36.8 Å². The van der Waals surface area contributed by atoms with E-state index in [2.05, 4.69) is 43.5 Å². The molecule has 0 bridgehead atoms. The van der Waals surface area contributed by atoms with Crippen molar-refractivity contribution in [1.82, 2.24) is 15.5 Å². The van der Waals surface area contributed by atoms with E-state index in [1.807, 2.05) is 19.1 Å². The van der Waals surface area contributed by atoms with Crippen LogP contribution in [0.4, 0.5) is 4.39 Å². The van der Waals surface area contributed by atoms with Gasteiger partial charge >= 0.3 is 0 Å². The predicted octanol–water partition coefficient (Wildman–Crippen LogP) is 5.02. The Labute approximate surface area is 177 Å². The zero-order valence-corrected chi connectivity index (χ0v) is 18.0. The Morgan fingerprint density at radius 3 is 2.69 bits per heavy atom. The summed E-state index contributed by atoms with van der Waals surface area (Å²) in [6.45, 7) is 3.69. The molecule has 0 radical (unpaired) electrons. The van der Waals surface area contributed by atoms with E-state index in [4.69, 9.17) is 4.52 Å². The normalized spacial score (nSPS) is 12.0. The molecule has 0 aliphatic heterocycles. The summed E-state index contributed by atoms with van der Waals surface area (Å²) in [5.41, 5.74) is 2.35. The van der Waals surface area contributed by atoms with Crippen LogP contribution in [0.2, 0.25) is 0 Å². The van der Waals surface area contributed by atoms with Gasteiger partial charge < -0.3 is 9.84 Å². The van der Waals surface area contributed by atoms with Crippen LogP contribution in [-0.4, -0.2) is 22.1 Å². The Morgan fingerprint density at radius 1 is 1.21 bits per heavy atom. The third kappa shape index (κ3) is 6.22. The maximum atomic E-state index is 13.7. The molecule has 7 heteroatoms. The minimum atomic E-state index is -0.314. The molecule has 0 saturated heterocycles. The van der Waals surface area contributed by atoms with Crippen LogP contribution >= 0.6 is 15.9 Å². The second-order valence-electron chi connectivity index (χ2n) is 7.11. The maximum Gasteiger partial charge on any atom is 0.227 e. The number of aryl methyl sites for hydroxylation is 3. The minimum Gasteiger partial charge on any atom is -0.354 e. The van der Waals surface area contributed by atoms with Gasteiger partial charge in [0, 0.05) is 28.9 Å². The van der Waals surface area contributed by atoms with E-state index < -0.39 is 0 Å². The van der Waals surface area contributed by atoms with Crippen molar-refractivity contribution in [3.05, 3.63) is 69.8 Å². The molecule has 1 aromatic heterocycles. The molecule has 3 aromatic rings. The highest BCUT2D eigenvalue weighted by atomic mass is 79.9. The van der Waals surface area contributed by atoms with Crippen molar-refractivity contribution in [1.29, 1.82) is 0 Å². The molecule has 1 atom stereocenters. The first-order valence-corrected chi connectivity index (χ1v) is 10.3. The number of carbonyl (C=O) groups excluding carboxylic acids is 1. The Hall–Kier alpha value is -2.54. The molecule has 1 N–H and O–H groups in total. The van der Waals surface area contributed by atoms with Crippen LogP contribution in [0, 0.1) is 12.7 Å². The molecule has 1 amide bonds. The third-order valence-corrected chi connectivity index (χ3v) is 5.18. The van der Waals surface area contributed by atoms with Crippen molar-refractivity contribution in [2.75, 3.05) is 0 Å². The van der Waals surface area contributed by atoms with Gasteiger partial charge in [-0.05, 0) is 56.0 Å². The smallest absolute Gasteiger partial charge is 0.227 e. The molecule has 3 rings (SSSR count). The molecule has 0 aliphatic carbocycles. The highest BCUT2D eigenvalue weighted by Gasteiger charge is 2.13. The average Bonchev–Trinajstić information content (AvgIpc) is 3.17. The number of halogens is 2. The van der Waals surface area contributed by atoms with Gasteiger partial charge in [-0.25, -0.2) is 4.39 Å². The van der Waals surface area contributed by atoms with E-state index in [1.54, 1.807) is 19.1 Å². The van der Waals surface area contributed by atoms with Crippen molar-refractivity contribution in [3.8, 4) is 11.4 Å². The average molecular weight is 460 g/mol. The predicted molar refractivity (Wildman–Crippen MR) is 113 cm³/mol. The SMILES string of the molecule is Cc1ccc(-c2noc(CCC(=O)NC(C)CCc3ccc(Br)cc3)n2)cc1F. The molecule has 1 heterocycles. The number of nitrogens with one attached hydrogen (secondary N) is 1. The lowest BCUT2D eigenvalue weighted by Gasteiger charge is -2.13. The lowest BCUT2D eigenvalue weighted by Crippen LogP contribution is -2.33. The molecular formula is C22H23BrFN3O2. The van der Waals surface area contributed by atoms with E-state index in [0.29, 0.717) is 29.3 Å². The Morgan fingerprint density at radius 2 is 1.97 bits per heavy atom. The molecule has 0 fully saturated rings. The molecular weight excluding hydrogens is 437 g/mol. The van der Waals surface area contributed by atoms with Gasteiger partial charge in [-0.1, -0.05) is 45.4 Å². The second kappa shape index (κ2) is 9.78. The summed E-state index contributed by atoms with van der Waals surface area (Å²) in [6, 6.07) is 13.0. The van der Waals surface area contributed by atoms with E-state index in [0.717, 1.165) is 17.3 Å². The fourth-order valence-electron chi connectivity index (χ4n) is 2.88. The first-order chi connectivity index (χ1) is 13.9. The van der Waals surface area contributed by atoms with Gasteiger partial charge in [-0.2, -0.15) is 4.98 Å². The van der Waals surface area contributed by atoms with Crippen LogP contribution in [0.3, 0.4) is 0 Å². The third-order valence-electron chi connectivity index (χ3n) is 4.65. The summed E-state index contributed by atoms with van der Waals surface area (Å²) in [7, 11) is 0. The largest absolute Gasteiger partial charge is 0.354 e. The Balaban J connectivity index is 1.45. The fourth-order valence-corrected chi connectivity index (χ4v) is 3.14. The van der Waals surface area contributed by atoms with Crippen molar-refractivity contribution in [3.63, 3.8) is 0 Å². The van der Waals surface area contributed by atoms with Gasteiger partial charge in [0.25, 0.3) is 0 Å². The molecule has 5 nitrogen and oxygen atoms in total. The van der Waals surface area contributed by atoms with E-state index in [-0.39, 0.29) is 24.2 Å². The van der Waals surface area contributed by atoms with Crippen molar-refractivity contribution in [2.24, 2.45) is 0 Å². The van der Waals surface area contributed by atoms with Crippen LogP contribution in [-0.2, 0) is 17.6 Å². The zero-order valence-electron chi connectivity index (χ0n) is 16.4. The molecule has 152 valence electrons. The van der Waals surface area contributed by atoms with E-state index in [9.17, 15) is 9.18 Å². The number of hydrogen-bond acceptors (Lipinski definition) is 4. The minimum absolute atomic E-state index is 0.0607. The first-order valence-electron chi connectivity index (χ1n) is 9.53. The fraction of sp³-hybridized carbons (Fsp3) is 0.318. The monoisotopic (exact) mass is 459 g/mol. The number of carbonyl (C=O) groups is 1. The Kier molecular flexibility index (Phi) is 7.14. The van der Waals surface area contributed by atoms with Gasteiger partial charge in [0.1, 0.15) is 5.82 Å². The quantitative estimate of drug-likeness (QED) is 0.513. The van der Waals surface area contributed by atoms with Crippen molar-refractivity contribution < 1.29 is 13.7 Å². The van der Waals surface area contributed by atoms with Crippen molar-refractivity contribution in [2.45, 2.75) is 45.6 Å². The summed E-state index contributed by atoms with van der Waals surface area (Å²) in [5.74, 6) is 0.306. The van der Waals surface area contributed by atoms with Gasteiger partial charge in [-0.3, -0.25) is 4.79 Å². The highest BCUT2D eigenvalue weighted by Crippen LogP contribution is 2.19. The number of aromatic nitrogens is 2. The first kappa shape index (κ1) is 21.2. The maximum absolute atomic E-state index is 13.7. The number of hydrogen-bond donors (Lipinski definition) is 1. The second-order valence-corrected chi connectivity index (χ2v) is 8.03. The summed E-state index contributed by atoms with van der Waals surface area (Å²) in [4.78, 5) is 16.4. The molecule has 0 spiro atoms. The van der Waals surface area contributed by atoms with Crippen molar-refractivity contribution >= 4 is 21.8 Å². The van der Waals surface area contributed by atoms with Crippen LogP contribution in [0.25, 0.3) is 11.4 Å². The topological polar surface area (TPSA) is 68.0 Å². The summed E-state index contributed by atoms with van der Waals surface area (Å²) in [5, 5.41) is 6.87. The number of amides is 1.